The lowest BCUT2D eigenvalue weighted by Crippen LogP contribution is -2.25. The summed E-state index contributed by atoms with van der Waals surface area (Å²) in [7, 11) is 0. The summed E-state index contributed by atoms with van der Waals surface area (Å²) >= 11 is 0. The van der Waals surface area contributed by atoms with E-state index in [0.717, 1.165) is 55.6 Å². The highest BCUT2D eigenvalue weighted by Crippen LogP contribution is 2.27. The Morgan fingerprint density at radius 2 is 1.55 bits per heavy atom. The molecule has 33 heavy (non-hydrogen) atoms. The first kappa shape index (κ1) is 21.2. The second kappa shape index (κ2) is 9.48. The number of hydrogen-bond acceptors (Lipinski definition) is 6. The summed E-state index contributed by atoms with van der Waals surface area (Å²) in [6.45, 7) is 3.52. The van der Waals surface area contributed by atoms with Gasteiger partial charge in [-0.15, -0.1) is 0 Å². The molecule has 0 aliphatic carbocycles. The maximum atomic E-state index is 12.9. The molecule has 2 aliphatic heterocycles. The maximum absolute atomic E-state index is 12.9. The first-order chi connectivity index (χ1) is 16.2. The van der Waals surface area contributed by atoms with Gasteiger partial charge in [-0.05, 0) is 62.1 Å². The average molecular weight is 445 g/mol. The SMILES string of the molecule is O=C(COC(=O)c1cc2ccccc2nc1N1CCCC1)Nc1ccc(N2CCCC2)cc1. The Hall–Kier alpha value is -3.61. The van der Waals surface area contributed by atoms with Gasteiger partial charge in [0.05, 0.1) is 5.52 Å². The van der Waals surface area contributed by atoms with Crippen molar-refractivity contribution in [3.63, 3.8) is 0 Å². The molecule has 1 amide bonds. The van der Waals surface area contributed by atoms with Crippen molar-refractivity contribution in [2.45, 2.75) is 25.7 Å². The van der Waals surface area contributed by atoms with Gasteiger partial charge in [0.2, 0.25) is 0 Å². The van der Waals surface area contributed by atoms with Crippen molar-refractivity contribution >= 4 is 40.0 Å². The monoisotopic (exact) mass is 444 g/mol. The lowest BCUT2D eigenvalue weighted by Gasteiger charge is -2.20. The predicted molar refractivity (Wildman–Crippen MR) is 130 cm³/mol. The molecule has 2 aliphatic rings. The Kier molecular flexibility index (Phi) is 6.11. The van der Waals surface area contributed by atoms with Gasteiger partial charge in [0.1, 0.15) is 11.4 Å². The van der Waals surface area contributed by atoms with Crippen LogP contribution in [0.15, 0.2) is 54.6 Å². The quantitative estimate of drug-likeness (QED) is 0.574. The van der Waals surface area contributed by atoms with Gasteiger partial charge in [0, 0.05) is 42.9 Å². The van der Waals surface area contributed by atoms with Crippen molar-refractivity contribution in [2.24, 2.45) is 0 Å². The molecule has 2 fully saturated rings. The molecule has 0 radical (unpaired) electrons. The summed E-state index contributed by atoms with van der Waals surface area (Å²) in [5.74, 6) is -0.266. The first-order valence-electron chi connectivity index (χ1n) is 11.6. The predicted octanol–water partition coefficient (Wildman–Crippen LogP) is 4.23. The van der Waals surface area contributed by atoms with E-state index in [4.69, 9.17) is 9.72 Å². The zero-order valence-electron chi connectivity index (χ0n) is 18.6. The number of fused-ring (bicyclic) bond motifs is 1. The smallest absolute Gasteiger partial charge is 0.342 e. The van der Waals surface area contributed by atoms with E-state index in [9.17, 15) is 9.59 Å². The van der Waals surface area contributed by atoms with Crippen LogP contribution in [0.25, 0.3) is 10.9 Å². The van der Waals surface area contributed by atoms with Gasteiger partial charge in [0.25, 0.3) is 5.91 Å². The lowest BCUT2D eigenvalue weighted by molar-refractivity contribution is -0.119. The summed E-state index contributed by atoms with van der Waals surface area (Å²) in [6.07, 6.45) is 4.58. The lowest BCUT2D eigenvalue weighted by atomic mass is 10.1. The third kappa shape index (κ3) is 4.77. The number of amides is 1. The molecule has 0 saturated carbocycles. The number of benzene rings is 2. The molecular formula is C26H28N4O3. The van der Waals surface area contributed by atoms with Crippen LogP contribution in [-0.2, 0) is 9.53 Å². The van der Waals surface area contributed by atoms with Crippen molar-refractivity contribution in [3.8, 4) is 0 Å². The van der Waals surface area contributed by atoms with Crippen LogP contribution >= 0.6 is 0 Å². The molecule has 3 aromatic rings. The van der Waals surface area contributed by atoms with Crippen LogP contribution in [0.4, 0.5) is 17.2 Å². The summed E-state index contributed by atoms with van der Waals surface area (Å²) in [5.41, 5.74) is 3.09. The van der Waals surface area contributed by atoms with Crippen LogP contribution in [0, 0.1) is 0 Å². The van der Waals surface area contributed by atoms with E-state index in [0.29, 0.717) is 17.1 Å². The van der Waals surface area contributed by atoms with Crippen molar-refractivity contribution in [1.29, 1.82) is 0 Å². The largest absolute Gasteiger partial charge is 0.452 e. The number of esters is 1. The Balaban J connectivity index is 1.24. The average Bonchev–Trinajstić information content (AvgIpc) is 3.57. The minimum atomic E-state index is -0.533. The van der Waals surface area contributed by atoms with Crippen LogP contribution in [0.5, 0.6) is 0 Å². The number of aromatic nitrogens is 1. The van der Waals surface area contributed by atoms with E-state index in [2.05, 4.69) is 15.1 Å². The molecule has 1 aromatic heterocycles. The molecule has 7 heteroatoms. The summed E-state index contributed by atoms with van der Waals surface area (Å²) in [6, 6.07) is 17.3. The second-order valence-electron chi connectivity index (χ2n) is 8.61. The van der Waals surface area contributed by atoms with E-state index in [1.807, 2.05) is 54.6 Å². The van der Waals surface area contributed by atoms with Crippen molar-refractivity contribution < 1.29 is 14.3 Å². The van der Waals surface area contributed by atoms with Gasteiger partial charge in [-0.25, -0.2) is 9.78 Å². The van der Waals surface area contributed by atoms with Gasteiger partial charge in [-0.2, -0.15) is 0 Å². The topological polar surface area (TPSA) is 74.8 Å². The molecule has 5 rings (SSSR count). The fourth-order valence-corrected chi connectivity index (χ4v) is 4.56. The van der Waals surface area contributed by atoms with E-state index >= 15 is 0 Å². The molecular weight excluding hydrogens is 416 g/mol. The van der Waals surface area contributed by atoms with Crippen LogP contribution in [0.1, 0.15) is 36.0 Å². The molecule has 170 valence electrons. The molecule has 2 saturated heterocycles. The molecule has 0 unspecified atom stereocenters. The Morgan fingerprint density at radius 1 is 0.879 bits per heavy atom. The number of carbonyl (C=O) groups is 2. The third-order valence-electron chi connectivity index (χ3n) is 6.29. The zero-order chi connectivity index (χ0) is 22.6. The van der Waals surface area contributed by atoms with E-state index in [-0.39, 0.29) is 12.5 Å². The Labute approximate surface area is 193 Å². The van der Waals surface area contributed by atoms with Gasteiger partial charge >= 0.3 is 5.97 Å². The highest BCUT2D eigenvalue weighted by Gasteiger charge is 2.23. The zero-order valence-corrected chi connectivity index (χ0v) is 18.6. The number of nitrogens with one attached hydrogen (secondary N) is 1. The molecule has 0 spiro atoms. The summed E-state index contributed by atoms with van der Waals surface area (Å²) in [5, 5.41) is 3.68. The van der Waals surface area contributed by atoms with Gasteiger partial charge in [-0.3, -0.25) is 4.79 Å². The summed E-state index contributed by atoms with van der Waals surface area (Å²) < 4.78 is 5.39. The van der Waals surface area contributed by atoms with Crippen LogP contribution in [0.3, 0.4) is 0 Å². The number of para-hydroxylation sites is 1. The van der Waals surface area contributed by atoms with E-state index in [1.54, 1.807) is 0 Å². The molecule has 0 atom stereocenters. The van der Waals surface area contributed by atoms with Gasteiger partial charge in [-0.1, -0.05) is 18.2 Å². The third-order valence-corrected chi connectivity index (χ3v) is 6.29. The molecule has 0 bridgehead atoms. The minimum absolute atomic E-state index is 0.348. The Bertz CT molecular complexity index is 1150. The van der Waals surface area contributed by atoms with Crippen molar-refractivity contribution in [2.75, 3.05) is 47.9 Å². The highest BCUT2D eigenvalue weighted by atomic mass is 16.5. The van der Waals surface area contributed by atoms with Crippen LogP contribution < -0.4 is 15.1 Å². The number of pyridine rings is 1. The van der Waals surface area contributed by atoms with Crippen molar-refractivity contribution in [1.82, 2.24) is 4.98 Å². The standard InChI is InChI=1S/C26H28N4O3/c31-24(27-20-9-11-21(12-10-20)29-13-3-4-14-29)18-33-26(32)22-17-19-7-1-2-8-23(19)28-25(22)30-15-5-6-16-30/h1-2,7-12,17H,3-6,13-16,18H2,(H,27,31). The van der Waals surface area contributed by atoms with Gasteiger partial charge in [0.15, 0.2) is 6.61 Å². The number of hydrogen-bond donors (Lipinski definition) is 1. The van der Waals surface area contributed by atoms with Crippen molar-refractivity contribution in [3.05, 3.63) is 60.2 Å². The molecule has 1 N–H and O–H groups in total. The van der Waals surface area contributed by atoms with E-state index < -0.39 is 5.97 Å². The molecule has 3 heterocycles. The number of rotatable bonds is 6. The fourth-order valence-electron chi connectivity index (χ4n) is 4.56. The number of carbonyl (C=O) groups excluding carboxylic acids is 2. The minimum Gasteiger partial charge on any atom is -0.452 e. The second-order valence-corrected chi connectivity index (χ2v) is 8.61. The molecule has 2 aromatic carbocycles. The number of nitrogens with zero attached hydrogens (tertiary/aromatic N) is 3. The van der Waals surface area contributed by atoms with Crippen LogP contribution in [0.2, 0.25) is 0 Å². The number of ether oxygens (including phenoxy) is 1. The maximum Gasteiger partial charge on any atom is 0.342 e. The summed E-state index contributed by atoms with van der Waals surface area (Å²) in [4.78, 5) is 34.5. The van der Waals surface area contributed by atoms with Crippen LogP contribution in [-0.4, -0.2) is 49.6 Å². The Morgan fingerprint density at radius 3 is 2.27 bits per heavy atom. The number of anilines is 3. The normalized spacial score (nSPS) is 15.8. The molecule has 7 nitrogen and oxygen atoms in total. The van der Waals surface area contributed by atoms with Gasteiger partial charge < -0.3 is 19.9 Å². The highest BCUT2D eigenvalue weighted by molar-refractivity contribution is 6.01. The van der Waals surface area contributed by atoms with E-state index in [1.165, 1.54) is 12.8 Å². The first-order valence-corrected chi connectivity index (χ1v) is 11.6. The fraction of sp³-hybridized carbons (Fsp3) is 0.346.